The molecular formula is C15H28N2O4. The Balaban J connectivity index is 2.65. The molecule has 1 fully saturated rings. The third-order valence-corrected chi connectivity index (χ3v) is 3.90. The van der Waals surface area contributed by atoms with E-state index in [9.17, 15) is 14.7 Å². The van der Waals surface area contributed by atoms with Crippen molar-refractivity contribution >= 4 is 11.9 Å². The Hall–Kier alpha value is -1.14. The fourth-order valence-electron chi connectivity index (χ4n) is 2.52. The predicted molar refractivity (Wildman–Crippen MR) is 79.9 cm³/mol. The zero-order valence-electron chi connectivity index (χ0n) is 13.4. The number of hydrogen-bond donors (Lipinski definition) is 3. The minimum absolute atomic E-state index is 0.0167. The molecular weight excluding hydrogens is 272 g/mol. The molecule has 0 radical (unpaired) electrons. The second-order valence-electron chi connectivity index (χ2n) is 7.06. The molecule has 0 spiro atoms. The molecule has 1 aliphatic heterocycles. The number of aliphatic hydroxyl groups excluding tert-OH is 1. The van der Waals surface area contributed by atoms with E-state index in [0.29, 0.717) is 19.6 Å². The van der Waals surface area contributed by atoms with Crippen molar-refractivity contribution in [3.8, 4) is 0 Å². The van der Waals surface area contributed by atoms with Gasteiger partial charge in [0.15, 0.2) is 0 Å². The average molecular weight is 300 g/mol. The maximum absolute atomic E-state index is 12.1. The fraction of sp³-hybridized carbons (Fsp3) is 0.867. The summed E-state index contributed by atoms with van der Waals surface area (Å²) < 4.78 is 0. The van der Waals surface area contributed by atoms with Crippen molar-refractivity contribution in [2.45, 2.75) is 52.7 Å². The minimum atomic E-state index is -0.829. The van der Waals surface area contributed by atoms with E-state index in [1.807, 2.05) is 25.7 Å². The monoisotopic (exact) mass is 300 g/mol. The molecule has 6 nitrogen and oxygen atoms in total. The highest BCUT2D eigenvalue weighted by molar-refractivity contribution is 5.81. The molecule has 0 bridgehead atoms. The van der Waals surface area contributed by atoms with E-state index in [4.69, 9.17) is 5.11 Å². The lowest BCUT2D eigenvalue weighted by molar-refractivity contribution is -0.137. The van der Waals surface area contributed by atoms with E-state index in [1.54, 1.807) is 6.92 Å². The van der Waals surface area contributed by atoms with Gasteiger partial charge in [-0.25, -0.2) is 0 Å². The first-order valence-corrected chi connectivity index (χ1v) is 7.52. The number of aliphatic carboxylic acids is 1. The summed E-state index contributed by atoms with van der Waals surface area (Å²) in [6.45, 7) is 9.08. The van der Waals surface area contributed by atoms with Gasteiger partial charge in [0.05, 0.1) is 12.5 Å². The molecule has 0 aromatic heterocycles. The van der Waals surface area contributed by atoms with Crippen molar-refractivity contribution < 1.29 is 19.8 Å². The normalized spacial score (nSPS) is 25.4. The molecule has 6 heteroatoms. The second kappa shape index (κ2) is 7.22. The number of carbonyl (C=O) groups excluding carboxylic acids is 1. The smallest absolute Gasteiger partial charge is 0.304 e. The van der Waals surface area contributed by atoms with E-state index >= 15 is 0 Å². The number of hydrogen-bond acceptors (Lipinski definition) is 4. The molecule has 1 rings (SSSR count). The topological polar surface area (TPSA) is 89.9 Å². The summed E-state index contributed by atoms with van der Waals surface area (Å²) in [7, 11) is 0. The lowest BCUT2D eigenvalue weighted by Crippen LogP contribution is -2.54. The summed E-state index contributed by atoms with van der Waals surface area (Å²) in [6, 6.07) is -0.0427. The van der Waals surface area contributed by atoms with Gasteiger partial charge in [0.2, 0.25) is 5.91 Å². The molecule has 21 heavy (non-hydrogen) atoms. The predicted octanol–water partition coefficient (Wildman–Crippen LogP) is 0.695. The van der Waals surface area contributed by atoms with Crippen LogP contribution in [-0.4, -0.2) is 58.8 Å². The van der Waals surface area contributed by atoms with Crippen molar-refractivity contribution in [3.05, 3.63) is 0 Å². The maximum Gasteiger partial charge on any atom is 0.304 e. The van der Waals surface area contributed by atoms with Gasteiger partial charge in [0.1, 0.15) is 0 Å². The van der Waals surface area contributed by atoms with Crippen LogP contribution in [0.2, 0.25) is 0 Å². The van der Waals surface area contributed by atoms with Crippen LogP contribution in [0.3, 0.4) is 0 Å². The van der Waals surface area contributed by atoms with Crippen molar-refractivity contribution in [1.82, 2.24) is 10.2 Å². The van der Waals surface area contributed by atoms with E-state index < -0.39 is 17.5 Å². The number of amides is 1. The Morgan fingerprint density at radius 3 is 2.43 bits per heavy atom. The van der Waals surface area contributed by atoms with Crippen LogP contribution >= 0.6 is 0 Å². The summed E-state index contributed by atoms with van der Waals surface area (Å²) in [5, 5.41) is 21.6. The van der Waals surface area contributed by atoms with Crippen LogP contribution in [0.5, 0.6) is 0 Å². The molecule has 1 heterocycles. The quantitative estimate of drug-likeness (QED) is 0.695. The number of nitrogens with zero attached hydrogens (tertiary/aromatic N) is 1. The van der Waals surface area contributed by atoms with E-state index in [2.05, 4.69) is 5.32 Å². The summed E-state index contributed by atoms with van der Waals surface area (Å²) in [6.07, 6.45) is 0.335. The molecule has 122 valence electrons. The molecule has 0 saturated carbocycles. The standard InChI is InChI=1S/C15H28N2O4/c1-10(18)11-7-12(16-14(21)15(2,3)4)9-17(8-11)6-5-13(19)20/h10-12,18H,5-9H2,1-4H3,(H,16,21)(H,19,20). The third-order valence-electron chi connectivity index (χ3n) is 3.90. The van der Waals surface area contributed by atoms with Crippen LogP contribution in [0.15, 0.2) is 0 Å². The zero-order chi connectivity index (χ0) is 16.2. The molecule has 1 aliphatic rings. The minimum Gasteiger partial charge on any atom is -0.481 e. The summed E-state index contributed by atoms with van der Waals surface area (Å²) in [4.78, 5) is 24.8. The number of likely N-dealkylation sites (tertiary alicyclic amines) is 1. The maximum atomic E-state index is 12.1. The summed E-state index contributed by atoms with van der Waals surface area (Å²) in [5.41, 5.74) is -0.455. The molecule has 3 atom stereocenters. The van der Waals surface area contributed by atoms with Crippen LogP contribution in [0.4, 0.5) is 0 Å². The van der Waals surface area contributed by atoms with Crippen molar-refractivity contribution in [2.24, 2.45) is 11.3 Å². The lowest BCUT2D eigenvalue weighted by atomic mass is 9.88. The number of carboxylic acids is 1. The van der Waals surface area contributed by atoms with Gasteiger partial charge < -0.3 is 20.4 Å². The first kappa shape index (κ1) is 17.9. The van der Waals surface area contributed by atoms with E-state index in [1.165, 1.54) is 0 Å². The molecule has 1 amide bonds. The number of nitrogens with one attached hydrogen (secondary N) is 1. The van der Waals surface area contributed by atoms with Gasteiger partial charge in [0, 0.05) is 31.1 Å². The van der Waals surface area contributed by atoms with Crippen LogP contribution in [0.1, 0.15) is 40.5 Å². The molecule has 3 unspecified atom stereocenters. The van der Waals surface area contributed by atoms with Gasteiger partial charge in [-0.1, -0.05) is 20.8 Å². The Morgan fingerprint density at radius 1 is 1.33 bits per heavy atom. The molecule has 0 aliphatic carbocycles. The highest BCUT2D eigenvalue weighted by Gasteiger charge is 2.32. The van der Waals surface area contributed by atoms with Crippen LogP contribution in [-0.2, 0) is 9.59 Å². The average Bonchev–Trinajstić information content (AvgIpc) is 2.34. The number of carbonyl (C=O) groups is 2. The summed E-state index contributed by atoms with van der Waals surface area (Å²) >= 11 is 0. The van der Waals surface area contributed by atoms with Crippen LogP contribution in [0, 0.1) is 11.3 Å². The van der Waals surface area contributed by atoms with Crippen molar-refractivity contribution in [3.63, 3.8) is 0 Å². The van der Waals surface area contributed by atoms with Gasteiger partial charge in [-0.15, -0.1) is 0 Å². The Labute approximate surface area is 126 Å². The van der Waals surface area contributed by atoms with Crippen molar-refractivity contribution in [2.75, 3.05) is 19.6 Å². The van der Waals surface area contributed by atoms with E-state index in [0.717, 1.165) is 6.42 Å². The number of carboxylic acid groups (broad SMARTS) is 1. The third kappa shape index (κ3) is 6.01. The Bertz CT molecular complexity index is 376. The van der Waals surface area contributed by atoms with Crippen molar-refractivity contribution in [1.29, 1.82) is 0 Å². The first-order valence-electron chi connectivity index (χ1n) is 7.52. The molecule has 0 aromatic rings. The second-order valence-corrected chi connectivity index (χ2v) is 7.06. The number of aliphatic hydroxyl groups is 1. The van der Waals surface area contributed by atoms with Gasteiger partial charge in [-0.05, 0) is 19.3 Å². The van der Waals surface area contributed by atoms with Gasteiger partial charge in [-0.2, -0.15) is 0 Å². The Morgan fingerprint density at radius 2 is 1.95 bits per heavy atom. The fourth-order valence-corrected chi connectivity index (χ4v) is 2.52. The van der Waals surface area contributed by atoms with Gasteiger partial charge in [-0.3, -0.25) is 9.59 Å². The molecule has 1 saturated heterocycles. The number of piperidine rings is 1. The highest BCUT2D eigenvalue weighted by Crippen LogP contribution is 2.22. The van der Waals surface area contributed by atoms with Crippen LogP contribution in [0.25, 0.3) is 0 Å². The van der Waals surface area contributed by atoms with Gasteiger partial charge >= 0.3 is 5.97 Å². The zero-order valence-corrected chi connectivity index (χ0v) is 13.4. The SMILES string of the molecule is CC(O)C1CC(NC(=O)C(C)(C)C)CN(CCC(=O)O)C1. The largest absolute Gasteiger partial charge is 0.481 e. The van der Waals surface area contributed by atoms with Gasteiger partial charge in [0.25, 0.3) is 0 Å². The first-order chi connectivity index (χ1) is 9.59. The lowest BCUT2D eigenvalue weighted by Gasteiger charge is -2.39. The molecule has 3 N–H and O–H groups in total. The van der Waals surface area contributed by atoms with Crippen LogP contribution < -0.4 is 5.32 Å². The highest BCUT2D eigenvalue weighted by atomic mass is 16.4. The van der Waals surface area contributed by atoms with E-state index in [-0.39, 0.29) is 24.3 Å². The number of rotatable bonds is 5. The summed E-state index contributed by atoms with van der Waals surface area (Å²) in [5.74, 6) is -0.792. The Kier molecular flexibility index (Phi) is 6.16. The molecule has 0 aromatic carbocycles.